The van der Waals surface area contributed by atoms with Gasteiger partial charge in [0.25, 0.3) is 0 Å². The second-order valence-electron chi connectivity index (χ2n) is 7.71. The number of aliphatic hydroxyl groups excluding tert-OH is 1. The molecule has 33 heavy (non-hydrogen) atoms. The number of ether oxygens (including phenoxy) is 3. The minimum absolute atomic E-state index is 0.162. The van der Waals surface area contributed by atoms with Gasteiger partial charge in [-0.25, -0.2) is 0 Å². The van der Waals surface area contributed by atoms with Crippen molar-refractivity contribution < 1.29 is 24.1 Å². The Hall–Kier alpha value is -1.70. The molecule has 0 radical (unpaired) electrons. The number of hydrogen-bond donors (Lipinski definition) is 2. The molecule has 0 aliphatic heterocycles. The van der Waals surface area contributed by atoms with Gasteiger partial charge in [0, 0.05) is 24.8 Å². The number of carbonyl (C=O) groups is 1. The summed E-state index contributed by atoms with van der Waals surface area (Å²) < 4.78 is 15.3. The maximum atomic E-state index is 9.59. The summed E-state index contributed by atoms with van der Waals surface area (Å²) in [5.41, 5.74) is 7.09. The molecule has 0 spiro atoms. The number of aliphatic hydroxyl groups is 1. The summed E-state index contributed by atoms with van der Waals surface area (Å²) in [4.78, 5) is 9.59. The number of carbonyl (C=O) groups excluding carboxylic acids is 1. The van der Waals surface area contributed by atoms with Crippen molar-refractivity contribution in [3.05, 3.63) is 57.6 Å². The fourth-order valence-corrected chi connectivity index (χ4v) is 3.39. The van der Waals surface area contributed by atoms with Crippen LogP contribution in [0.25, 0.3) is 0 Å². The lowest BCUT2D eigenvalue weighted by molar-refractivity contribution is -0.137. The van der Waals surface area contributed by atoms with Gasteiger partial charge in [-0.3, -0.25) is 4.79 Å². The first-order chi connectivity index (χ1) is 15.6. The second kappa shape index (κ2) is 14.5. The summed E-state index contributed by atoms with van der Waals surface area (Å²) in [7, 11) is 1.35. The predicted octanol–water partition coefficient (Wildman–Crippen LogP) is 5.20. The highest BCUT2D eigenvalue weighted by molar-refractivity contribution is 6.37. The van der Waals surface area contributed by atoms with Gasteiger partial charge in [0.1, 0.15) is 18.5 Å². The van der Waals surface area contributed by atoms with E-state index in [-0.39, 0.29) is 24.5 Å². The maximum Gasteiger partial charge on any atom is 0.302 e. The van der Waals surface area contributed by atoms with Gasteiger partial charge in [-0.15, -0.1) is 11.6 Å². The minimum atomic E-state index is -0.675. The number of rotatable bonds is 10. The first-order valence-electron chi connectivity index (χ1n) is 10.4. The van der Waals surface area contributed by atoms with Crippen LogP contribution in [0, 0.1) is 0 Å². The van der Waals surface area contributed by atoms with Crippen LogP contribution in [0.2, 0.25) is 10.0 Å². The first kappa shape index (κ1) is 29.3. The lowest BCUT2D eigenvalue weighted by atomic mass is 9.78. The van der Waals surface area contributed by atoms with Crippen molar-refractivity contribution in [1.29, 1.82) is 0 Å². The van der Waals surface area contributed by atoms with Crippen LogP contribution in [-0.4, -0.2) is 49.9 Å². The standard InChI is InChI=1S/C21H26Cl3NO3.C3H6O2/c1-21(2,14-4-6-17(7-5-14)28-13-16(26)12-25)15-10-18(23)20(19(24)11-15)27-9-3-8-22;1-3(4)5-2/h4-7,10-11,16,26H,3,8-9,12-13,25H2,1-2H3;1-2H3. The van der Waals surface area contributed by atoms with Crippen molar-refractivity contribution in [2.45, 2.75) is 38.7 Å². The molecule has 1 unspecified atom stereocenters. The summed E-state index contributed by atoms with van der Waals surface area (Å²) in [5, 5.41) is 10.4. The van der Waals surface area contributed by atoms with Crippen molar-refractivity contribution in [3.8, 4) is 11.5 Å². The van der Waals surface area contributed by atoms with E-state index in [0.29, 0.717) is 34.0 Å². The number of methoxy groups -OCH3 is 1. The van der Waals surface area contributed by atoms with E-state index in [0.717, 1.165) is 17.5 Å². The van der Waals surface area contributed by atoms with E-state index in [9.17, 15) is 9.90 Å². The summed E-state index contributed by atoms with van der Waals surface area (Å²) >= 11 is 18.5. The van der Waals surface area contributed by atoms with Gasteiger partial charge >= 0.3 is 5.97 Å². The summed E-state index contributed by atoms with van der Waals surface area (Å²) in [6, 6.07) is 11.5. The van der Waals surface area contributed by atoms with Gasteiger partial charge in [0.05, 0.1) is 23.8 Å². The molecule has 2 aromatic rings. The van der Waals surface area contributed by atoms with Gasteiger partial charge in [0.15, 0.2) is 5.75 Å². The number of halogens is 3. The van der Waals surface area contributed by atoms with Gasteiger partial charge in [-0.05, 0) is 41.8 Å². The summed E-state index contributed by atoms with van der Waals surface area (Å²) in [5.74, 6) is 1.43. The third kappa shape index (κ3) is 9.59. The van der Waals surface area contributed by atoms with Gasteiger partial charge in [-0.1, -0.05) is 49.2 Å². The van der Waals surface area contributed by atoms with Crippen molar-refractivity contribution in [2.75, 3.05) is 32.7 Å². The molecule has 1 atom stereocenters. The third-order valence-corrected chi connectivity index (χ3v) is 5.65. The van der Waals surface area contributed by atoms with E-state index >= 15 is 0 Å². The Balaban J connectivity index is 0.000000981. The predicted molar refractivity (Wildman–Crippen MR) is 134 cm³/mol. The Morgan fingerprint density at radius 2 is 1.64 bits per heavy atom. The van der Waals surface area contributed by atoms with Gasteiger partial charge in [-0.2, -0.15) is 0 Å². The molecule has 6 nitrogen and oxygen atoms in total. The molecule has 2 aromatic carbocycles. The van der Waals surface area contributed by atoms with E-state index in [1.807, 2.05) is 36.4 Å². The van der Waals surface area contributed by atoms with Crippen molar-refractivity contribution in [1.82, 2.24) is 0 Å². The SMILES string of the molecule is CC(C)(c1ccc(OCC(O)CN)cc1)c1cc(Cl)c(OCCCCl)c(Cl)c1.COC(C)=O. The molecule has 0 heterocycles. The van der Waals surface area contributed by atoms with Crippen LogP contribution < -0.4 is 15.2 Å². The monoisotopic (exact) mass is 519 g/mol. The average molecular weight is 521 g/mol. The van der Waals surface area contributed by atoms with E-state index in [1.165, 1.54) is 14.0 Å². The molecule has 184 valence electrons. The normalized spacial score (nSPS) is 11.8. The molecule has 0 bridgehead atoms. The molecule has 0 saturated heterocycles. The molecule has 0 saturated carbocycles. The van der Waals surface area contributed by atoms with Gasteiger partial charge in [0.2, 0.25) is 0 Å². The molecular weight excluding hydrogens is 489 g/mol. The summed E-state index contributed by atoms with van der Waals surface area (Å²) in [6.07, 6.45) is 0.0450. The van der Waals surface area contributed by atoms with Crippen LogP contribution in [0.1, 0.15) is 38.3 Å². The number of benzene rings is 2. The van der Waals surface area contributed by atoms with Crippen molar-refractivity contribution in [2.24, 2.45) is 5.73 Å². The smallest absolute Gasteiger partial charge is 0.302 e. The highest BCUT2D eigenvalue weighted by atomic mass is 35.5. The Kier molecular flexibility index (Phi) is 12.9. The van der Waals surface area contributed by atoms with E-state index < -0.39 is 6.10 Å². The zero-order chi connectivity index (χ0) is 25.0. The highest BCUT2D eigenvalue weighted by Gasteiger charge is 2.25. The van der Waals surface area contributed by atoms with Crippen LogP contribution in [0.3, 0.4) is 0 Å². The highest BCUT2D eigenvalue weighted by Crippen LogP contribution is 2.40. The number of alkyl halides is 1. The zero-order valence-corrected chi connectivity index (χ0v) is 21.6. The molecule has 0 aromatic heterocycles. The number of esters is 1. The van der Waals surface area contributed by atoms with Crippen LogP contribution in [-0.2, 0) is 14.9 Å². The lowest BCUT2D eigenvalue weighted by Gasteiger charge is -2.27. The molecule has 0 amide bonds. The Morgan fingerprint density at radius 3 is 2.09 bits per heavy atom. The van der Waals surface area contributed by atoms with Crippen molar-refractivity contribution >= 4 is 40.8 Å². The maximum absolute atomic E-state index is 9.59. The van der Waals surface area contributed by atoms with E-state index in [2.05, 4.69) is 18.6 Å². The van der Waals surface area contributed by atoms with Crippen molar-refractivity contribution in [3.63, 3.8) is 0 Å². The lowest BCUT2D eigenvalue weighted by Crippen LogP contribution is -2.26. The van der Waals surface area contributed by atoms with Crippen LogP contribution in [0.5, 0.6) is 11.5 Å². The molecule has 2 rings (SSSR count). The Bertz CT molecular complexity index is 852. The third-order valence-electron chi connectivity index (χ3n) is 4.82. The topological polar surface area (TPSA) is 91.0 Å². The van der Waals surface area contributed by atoms with Gasteiger partial charge < -0.3 is 25.1 Å². The van der Waals surface area contributed by atoms with Crippen LogP contribution in [0.4, 0.5) is 0 Å². The molecule has 9 heteroatoms. The molecular formula is C24H32Cl3NO5. The Morgan fingerprint density at radius 1 is 1.09 bits per heavy atom. The largest absolute Gasteiger partial charge is 0.491 e. The zero-order valence-electron chi connectivity index (χ0n) is 19.4. The number of nitrogens with two attached hydrogens (primary N) is 1. The average Bonchev–Trinajstić information content (AvgIpc) is 2.79. The molecule has 0 fully saturated rings. The fraction of sp³-hybridized carbons (Fsp3) is 0.458. The first-order valence-corrected chi connectivity index (χ1v) is 11.7. The molecule has 0 aliphatic rings. The second-order valence-corrected chi connectivity index (χ2v) is 8.90. The molecule has 0 aliphatic carbocycles. The van der Waals surface area contributed by atoms with E-state index in [1.54, 1.807) is 0 Å². The number of hydrogen-bond acceptors (Lipinski definition) is 6. The Labute approximate surface area is 210 Å². The van der Waals surface area contributed by atoms with E-state index in [4.69, 9.17) is 50.0 Å². The van der Waals surface area contributed by atoms with Crippen LogP contribution >= 0.6 is 34.8 Å². The minimum Gasteiger partial charge on any atom is -0.491 e. The quantitative estimate of drug-likeness (QED) is 0.254. The molecule has 3 N–H and O–H groups in total. The van der Waals surface area contributed by atoms with Crippen LogP contribution in [0.15, 0.2) is 36.4 Å². The fourth-order valence-electron chi connectivity index (χ4n) is 2.68. The summed E-state index contributed by atoms with van der Waals surface area (Å²) in [6.45, 7) is 6.34.